The zero-order valence-electron chi connectivity index (χ0n) is 8.43. The number of aromatic carboxylic acids is 1. The predicted octanol–water partition coefficient (Wildman–Crippen LogP) is 1.45. The molecule has 0 aromatic carbocycles. The Kier molecular flexibility index (Phi) is 2.53. The molecule has 0 radical (unpaired) electrons. The first kappa shape index (κ1) is 9.89. The van der Waals surface area contributed by atoms with Gasteiger partial charge in [-0.1, -0.05) is 0 Å². The predicted molar refractivity (Wildman–Crippen MR) is 52.1 cm³/mol. The van der Waals surface area contributed by atoms with E-state index in [4.69, 9.17) is 9.84 Å². The second kappa shape index (κ2) is 3.84. The Morgan fingerprint density at radius 1 is 1.67 bits per heavy atom. The van der Waals surface area contributed by atoms with E-state index < -0.39 is 5.97 Å². The number of carbonyl (C=O) groups is 1. The SMILES string of the molecule is CCOc1nc(C2CC2)ncc1C(=O)O. The average molecular weight is 208 g/mol. The fourth-order valence-electron chi connectivity index (χ4n) is 1.31. The number of ether oxygens (including phenoxy) is 1. The fourth-order valence-corrected chi connectivity index (χ4v) is 1.31. The molecule has 1 aliphatic rings. The molecule has 0 saturated heterocycles. The van der Waals surface area contributed by atoms with Crippen molar-refractivity contribution in [3.8, 4) is 5.88 Å². The van der Waals surface area contributed by atoms with Crippen LogP contribution < -0.4 is 4.74 Å². The van der Waals surface area contributed by atoms with Crippen LogP contribution in [0.1, 0.15) is 41.9 Å². The number of aromatic nitrogens is 2. The van der Waals surface area contributed by atoms with Crippen molar-refractivity contribution >= 4 is 5.97 Å². The molecule has 2 rings (SSSR count). The zero-order valence-corrected chi connectivity index (χ0v) is 8.43. The normalized spacial score (nSPS) is 15.0. The van der Waals surface area contributed by atoms with Crippen molar-refractivity contribution in [3.05, 3.63) is 17.6 Å². The molecule has 0 aliphatic heterocycles. The lowest BCUT2D eigenvalue weighted by Gasteiger charge is -2.06. The third kappa shape index (κ3) is 2.06. The van der Waals surface area contributed by atoms with Gasteiger partial charge in [-0.25, -0.2) is 9.78 Å². The van der Waals surface area contributed by atoms with E-state index in [2.05, 4.69) is 9.97 Å². The van der Waals surface area contributed by atoms with Crippen LogP contribution >= 0.6 is 0 Å². The molecular weight excluding hydrogens is 196 g/mol. The van der Waals surface area contributed by atoms with E-state index in [9.17, 15) is 4.79 Å². The second-order valence-electron chi connectivity index (χ2n) is 3.46. The van der Waals surface area contributed by atoms with Gasteiger partial charge in [0.25, 0.3) is 0 Å². The van der Waals surface area contributed by atoms with E-state index in [1.165, 1.54) is 6.20 Å². The lowest BCUT2D eigenvalue weighted by atomic mass is 10.3. The summed E-state index contributed by atoms with van der Waals surface area (Å²) in [5, 5.41) is 8.88. The van der Waals surface area contributed by atoms with Gasteiger partial charge in [-0.2, -0.15) is 4.98 Å². The summed E-state index contributed by atoms with van der Waals surface area (Å²) in [7, 11) is 0. The van der Waals surface area contributed by atoms with E-state index in [0.717, 1.165) is 12.8 Å². The molecule has 0 bridgehead atoms. The summed E-state index contributed by atoms with van der Waals surface area (Å²) in [6.45, 7) is 2.20. The standard InChI is InChI=1S/C10H12N2O3/c1-2-15-9-7(10(13)14)5-11-8(12-9)6-3-4-6/h5-6H,2-4H2,1H3,(H,13,14). The third-order valence-electron chi connectivity index (χ3n) is 2.23. The molecule has 15 heavy (non-hydrogen) atoms. The zero-order chi connectivity index (χ0) is 10.8. The molecule has 0 amide bonds. The van der Waals surface area contributed by atoms with Crippen LogP contribution in [0.15, 0.2) is 6.20 Å². The van der Waals surface area contributed by atoms with Gasteiger partial charge in [-0.05, 0) is 19.8 Å². The molecule has 1 N–H and O–H groups in total. The Morgan fingerprint density at radius 3 is 2.93 bits per heavy atom. The number of hydrogen-bond acceptors (Lipinski definition) is 4. The molecule has 0 atom stereocenters. The van der Waals surface area contributed by atoms with E-state index in [1.807, 2.05) is 0 Å². The van der Waals surface area contributed by atoms with Gasteiger partial charge in [-0.15, -0.1) is 0 Å². The molecule has 1 aliphatic carbocycles. The second-order valence-corrected chi connectivity index (χ2v) is 3.46. The van der Waals surface area contributed by atoms with Crippen molar-refractivity contribution in [2.45, 2.75) is 25.7 Å². The van der Waals surface area contributed by atoms with Crippen LogP contribution in [0.4, 0.5) is 0 Å². The Balaban J connectivity index is 2.34. The molecule has 1 heterocycles. The Morgan fingerprint density at radius 2 is 2.40 bits per heavy atom. The molecule has 1 aromatic rings. The minimum atomic E-state index is -1.05. The number of rotatable bonds is 4. The van der Waals surface area contributed by atoms with E-state index >= 15 is 0 Å². The largest absolute Gasteiger partial charge is 0.477 e. The van der Waals surface area contributed by atoms with Crippen molar-refractivity contribution in [3.63, 3.8) is 0 Å². The molecule has 5 heteroatoms. The third-order valence-corrected chi connectivity index (χ3v) is 2.23. The van der Waals surface area contributed by atoms with Crippen molar-refractivity contribution < 1.29 is 14.6 Å². The monoisotopic (exact) mass is 208 g/mol. The first-order chi connectivity index (χ1) is 7.22. The molecule has 1 saturated carbocycles. The summed E-state index contributed by atoms with van der Waals surface area (Å²) >= 11 is 0. The van der Waals surface area contributed by atoms with Crippen molar-refractivity contribution in [2.24, 2.45) is 0 Å². The highest BCUT2D eigenvalue weighted by atomic mass is 16.5. The highest BCUT2D eigenvalue weighted by Gasteiger charge is 2.28. The van der Waals surface area contributed by atoms with Gasteiger partial charge >= 0.3 is 5.97 Å². The Bertz CT molecular complexity index is 388. The molecule has 80 valence electrons. The maximum atomic E-state index is 10.8. The minimum absolute atomic E-state index is 0.0289. The summed E-state index contributed by atoms with van der Waals surface area (Å²) in [4.78, 5) is 19.0. The van der Waals surface area contributed by atoms with Gasteiger partial charge in [0, 0.05) is 12.1 Å². The minimum Gasteiger partial charge on any atom is -0.477 e. The van der Waals surface area contributed by atoms with Crippen molar-refractivity contribution in [1.29, 1.82) is 0 Å². The van der Waals surface area contributed by atoms with E-state index in [0.29, 0.717) is 18.3 Å². The van der Waals surface area contributed by atoms with Crippen LogP contribution in [0.2, 0.25) is 0 Å². The highest BCUT2D eigenvalue weighted by Crippen LogP contribution is 2.38. The molecule has 0 spiro atoms. The van der Waals surface area contributed by atoms with Gasteiger partial charge in [-0.3, -0.25) is 0 Å². The van der Waals surface area contributed by atoms with Crippen LogP contribution in [0.25, 0.3) is 0 Å². The summed E-state index contributed by atoms with van der Waals surface area (Å²) in [5.41, 5.74) is 0.0289. The van der Waals surface area contributed by atoms with Crippen molar-refractivity contribution in [1.82, 2.24) is 9.97 Å². The van der Waals surface area contributed by atoms with Gasteiger partial charge in [0.2, 0.25) is 5.88 Å². The van der Waals surface area contributed by atoms with Crippen LogP contribution in [-0.4, -0.2) is 27.7 Å². The van der Waals surface area contributed by atoms with Crippen LogP contribution in [0.5, 0.6) is 5.88 Å². The summed E-state index contributed by atoms with van der Waals surface area (Å²) in [5.74, 6) is 0.221. The first-order valence-electron chi connectivity index (χ1n) is 4.95. The molecule has 1 aromatic heterocycles. The number of nitrogens with zero attached hydrogens (tertiary/aromatic N) is 2. The van der Waals surface area contributed by atoms with Gasteiger partial charge in [0.15, 0.2) is 0 Å². The highest BCUT2D eigenvalue weighted by molar-refractivity contribution is 5.89. The van der Waals surface area contributed by atoms with E-state index in [-0.39, 0.29) is 11.4 Å². The molecular formula is C10H12N2O3. The number of carboxylic acids is 1. The van der Waals surface area contributed by atoms with Crippen LogP contribution in [-0.2, 0) is 0 Å². The van der Waals surface area contributed by atoms with Crippen LogP contribution in [0, 0.1) is 0 Å². The lowest BCUT2D eigenvalue weighted by molar-refractivity contribution is 0.0691. The summed E-state index contributed by atoms with van der Waals surface area (Å²) in [6.07, 6.45) is 3.49. The average Bonchev–Trinajstić information content (AvgIpc) is 3.01. The van der Waals surface area contributed by atoms with Gasteiger partial charge < -0.3 is 9.84 Å². The summed E-state index contributed by atoms with van der Waals surface area (Å²) < 4.78 is 5.18. The maximum absolute atomic E-state index is 10.8. The quantitative estimate of drug-likeness (QED) is 0.810. The molecule has 5 nitrogen and oxygen atoms in total. The molecule has 0 unspecified atom stereocenters. The summed E-state index contributed by atoms with van der Waals surface area (Å²) in [6, 6.07) is 0. The smallest absolute Gasteiger partial charge is 0.342 e. The van der Waals surface area contributed by atoms with E-state index in [1.54, 1.807) is 6.92 Å². The number of hydrogen-bond donors (Lipinski definition) is 1. The van der Waals surface area contributed by atoms with Crippen LogP contribution in [0.3, 0.4) is 0 Å². The Labute approximate surface area is 87.1 Å². The topological polar surface area (TPSA) is 72.3 Å². The van der Waals surface area contributed by atoms with Crippen molar-refractivity contribution in [2.75, 3.05) is 6.61 Å². The first-order valence-corrected chi connectivity index (χ1v) is 4.95. The van der Waals surface area contributed by atoms with Gasteiger partial charge in [0.05, 0.1) is 6.61 Å². The van der Waals surface area contributed by atoms with Gasteiger partial charge in [0.1, 0.15) is 11.4 Å². The number of carboxylic acid groups (broad SMARTS) is 1. The lowest BCUT2D eigenvalue weighted by Crippen LogP contribution is -2.07. The Hall–Kier alpha value is -1.65. The maximum Gasteiger partial charge on any atom is 0.342 e. The fraction of sp³-hybridized carbons (Fsp3) is 0.500. The molecule has 1 fully saturated rings.